The fourth-order valence-corrected chi connectivity index (χ4v) is 1.20. The van der Waals surface area contributed by atoms with Crippen LogP contribution in [0.2, 0.25) is 0 Å². The van der Waals surface area contributed by atoms with Crippen LogP contribution in [0.5, 0.6) is 0 Å². The fraction of sp³-hybridized carbons (Fsp3) is 0.364. The van der Waals surface area contributed by atoms with Gasteiger partial charge < -0.3 is 9.47 Å². The molecular formula is C11H12FNO5. The maximum absolute atomic E-state index is 13.3. The second-order valence-electron chi connectivity index (χ2n) is 3.25. The zero-order valence-corrected chi connectivity index (χ0v) is 9.72. The van der Waals surface area contributed by atoms with E-state index in [9.17, 15) is 19.3 Å². The van der Waals surface area contributed by atoms with Crippen LogP contribution in [0.3, 0.4) is 0 Å². The molecule has 0 saturated carbocycles. The highest BCUT2D eigenvalue weighted by Gasteiger charge is 2.17. The molecule has 6 nitrogen and oxygen atoms in total. The number of nitro benzene ring substituents is 1. The van der Waals surface area contributed by atoms with E-state index >= 15 is 0 Å². The van der Waals surface area contributed by atoms with Crippen molar-refractivity contribution in [3.8, 4) is 0 Å². The highest BCUT2D eigenvalue weighted by atomic mass is 19.1. The van der Waals surface area contributed by atoms with Gasteiger partial charge in [-0.1, -0.05) is 0 Å². The summed E-state index contributed by atoms with van der Waals surface area (Å²) < 4.78 is 23.0. The lowest BCUT2D eigenvalue weighted by molar-refractivity contribution is -0.384. The van der Waals surface area contributed by atoms with Gasteiger partial charge in [-0.25, -0.2) is 9.18 Å². The Hall–Kier alpha value is -2.02. The monoisotopic (exact) mass is 257 g/mol. The highest BCUT2D eigenvalue weighted by Crippen LogP contribution is 2.17. The number of hydrogen-bond donors (Lipinski definition) is 0. The first-order valence-corrected chi connectivity index (χ1v) is 5.25. The molecule has 0 bridgehead atoms. The van der Waals surface area contributed by atoms with Gasteiger partial charge in [0.05, 0.1) is 11.5 Å². The lowest BCUT2D eigenvalue weighted by atomic mass is 10.2. The molecule has 0 amide bonds. The van der Waals surface area contributed by atoms with E-state index < -0.39 is 22.3 Å². The van der Waals surface area contributed by atoms with Crippen LogP contribution < -0.4 is 0 Å². The van der Waals surface area contributed by atoms with Gasteiger partial charge in [0.1, 0.15) is 18.0 Å². The lowest BCUT2D eigenvalue weighted by Gasteiger charge is -2.05. The van der Waals surface area contributed by atoms with E-state index in [1.807, 2.05) is 0 Å². The second kappa shape index (κ2) is 6.65. The third-order valence-corrected chi connectivity index (χ3v) is 2.05. The predicted molar refractivity (Wildman–Crippen MR) is 59.8 cm³/mol. The molecule has 1 aromatic rings. The summed E-state index contributed by atoms with van der Waals surface area (Å²) >= 11 is 0. The number of rotatable bonds is 6. The van der Waals surface area contributed by atoms with Crippen LogP contribution in [-0.2, 0) is 9.47 Å². The van der Waals surface area contributed by atoms with Gasteiger partial charge >= 0.3 is 5.97 Å². The molecule has 0 spiro atoms. The average Bonchev–Trinajstić information content (AvgIpc) is 2.34. The summed E-state index contributed by atoms with van der Waals surface area (Å²) in [4.78, 5) is 21.2. The lowest BCUT2D eigenvalue weighted by Crippen LogP contribution is -2.12. The van der Waals surface area contributed by atoms with Crippen molar-refractivity contribution in [2.45, 2.75) is 6.92 Å². The van der Waals surface area contributed by atoms with Crippen molar-refractivity contribution in [2.75, 3.05) is 19.8 Å². The third kappa shape index (κ3) is 3.77. The first-order valence-electron chi connectivity index (χ1n) is 5.25. The summed E-state index contributed by atoms with van der Waals surface area (Å²) in [7, 11) is 0. The standard InChI is InChI=1S/C11H12FNO5/c1-2-17-5-6-18-11(14)9-7-8(13(15)16)3-4-10(9)12/h3-4,7H,2,5-6H2,1H3. The molecule has 0 unspecified atom stereocenters. The summed E-state index contributed by atoms with van der Waals surface area (Å²) in [6.07, 6.45) is 0. The number of benzene rings is 1. The SMILES string of the molecule is CCOCCOC(=O)c1cc([N+](=O)[O-])ccc1F. The summed E-state index contributed by atoms with van der Waals surface area (Å²) in [5.41, 5.74) is -0.825. The van der Waals surface area contributed by atoms with Crippen molar-refractivity contribution in [1.82, 2.24) is 0 Å². The van der Waals surface area contributed by atoms with Gasteiger partial charge in [0.15, 0.2) is 0 Å². The molecule has 18 heavy (non-hydrogen) atoms. The molecule has 0 aromatic heterocycles. The van der Waals surface area contributed by atoms with Crippen LogP contribution in [0.25, 0.3) is 0 Å². The molecule has 0 heterocycles. The van der Waals surface area contributed by atoms with Gasteiger partial charge in [-0.3, -0.25) is 10.1 Å². The van der Waals surface area contributed by atoms with E-state index in [-0.39, 0.29) is 18.9 Å². The normalized spacial score (nSPS) is 10.1. The Bertz CT molecular complexity index is 449. The predicted octanol–water partition coefficient (Wildman–Crippen LogP) is 1.93. The fourth-order valence-electron chi connectivity index (χ4n) is 1.20. The van der Waals surface area contributed by atoms with Crippen LogP contribution in [0.1, 0.15) is 17.3 Å². The van der Waals surface area contributed by atoms with Crippen molar-refractivity contribution in [3.05, 3.63) is 39.7 Å². The van der Waals surface area contributed by atoms with Gasteiger partial charge in [-0.05, 0) is 13.0 Å². The van der Waals surface area contributed by atoms with Crippen molar-refractivity contribution in [1.29, 1.82) is 0 Å². The van der Waals surface area contributed by atoms with Crippen molar-refractivity contribution in [3.63, 3.8) is 0 Å². The Morgan fingerprint density at radius 2 is 2.17 bits per heavy atom. The van der Waals surface area contributed by atoms with E-state index in [1.165, 1.54) is 0 Å². The molecule has 0 atom stereocenters. The van der Waals surface area contributed by atoms with Crippen LogP contribution in [-0.4, -0.2) is 30.7 Å². The maximum atomic E-state index is 13.3. The Kier molecular flexibility index (Phi) is 5.19. The number of nitro groups is 1. The van der Waals surface area contributed by atoms with E-state index in [0.717, 1.165) is 18.2 Å². The summed E-state index contributed by atoms with van der Waals surface area (Å²) in [6.45, 7) is 2.42. The van der Waals surface area contributed by atoms with Gasteiger partial charge in [-0.2, -0.15) is 0 Å². The number of carbonyl (C=O) groups excluding carboxylic acids is 1. The second-order valence-corrected chi connectivity index (χ2v) is 3.25. The Morgan fingerprint density at radius 3 is 2.78 bits per heavy atom. The molecule has 1 aromatic carbocycles. The van der Waals surface area contributed by atoms with E-state index in [1.54, 1.807) is 6.92 Å². The average molecular weight is 257 g/mol. The number of esters is 1. The molecule has 1 rings (SSSR count). The molecule has 7 heteroatoms. The van der Waals surface area contributed by atoms with Gasteiger partial charge in [0.2, 0.25) is 0 Å². The van der Waals surface area contributed by atoms with Crippen LogP contribution in [0.4, 0.5) is 10.1 Å². The van der Waals surface area contributed by atoms with Crippen molar-refractivity contribution in [2.24, 2.45) is 0 Å². The molecule has 0 N–H and O–H groups in total. The number of hydrogen-bond acceptors (Lipinski definition) is 5. The molecule has 0 aliphatic rings. The maximum Gasteiger partial charge on any atom is 0.341 e. The van der Waals surface area contributed by atoms with E-state index in [2.05, 4.69) is 0 Å². The summed E-state index contributed by atoms with van der Waals surface area (Å²) in [6, 6.07) is 2.68. The number of halogens is 1. The van der Waals surface area contributed by atoms with Crippen LogP contribution in [0.15, 0.2) is 18.2 Å². The van der Waals surface area contributed by atoms with Gasteiger partial charge in [-0.15, -0.1) is 0 Å². The van der Waals surface area contributed by atoms with E-state index in [0.29, 0.717) is 6.61 Å². The zero-order chi connectivity index (χ0) is 13.5. The molecule has 0 saturated heterocycles. The molecule has 0 radical (unpaired) electrons. The first kappa shape index (κ1) is 14.0. The van der Waals surface area contributed by atoms with Gasteiger partial charge in [0, 0.05) is 18.7 Å². The topological polar surface area (TPSA) is 78.7 Å². The van der Waals surface area contributed by atoms with Gasteiger partial charge in [0.25, 0.3) is 5.69 Å². The minimum absolute atomic E-state index is 0.0329. The Balaban J connectivity index is 2.72. The summed E-state index contributed by atoms with van der Waals surface area (Å²) in [5.74, 6) is -1.81. The highest BCUT2D eigenvalue weighted by molar-refractivity contribution is 5.90. The van der Waals surface area contributed by atoms with Crippen LogP contribution >= 0.6 is 0 Å². The molecule has 0 aliphatic heterocycles. The molecule has 0 fully saturated rings. The molecule has 0 aliphatic carbocycles. The van der Waals surface area contributed by atoms with E-state index in [4.69, 9.17) is 9.47 Å². The largest absolute Gasteiger partial charge is 0.460 e. The van der Waals surface area contributed by atoms with Crippen LogP contribution in [0, 0.1) is 15.9 Å². The Labute approximate surface area is 102 Å². The third-order valence-electron chi connectivity index (χ3n) is 2.05. The molecular weight excluding hydrogens is 245 g/mol. The minimum Gasteiger partial charge on any atom is -0.460 e. The zero-order valence-electron chi connectivity index (χ0n) is 9.72. The number of ether oxygens (including phenoxy) is 2. The Morgan fingerprint density at radius 1 is 1.44 bits per heavy atom. The molecule has 98 valence electrons. The number of carbonyl (C=O) groups is 1. The minimum atomic E-state index is -0.948. The van der Waals surface area contributed by atoms with Crippen molar-refractivity contribution >= 4 is 11.7 Å². The summed E-state index contributed by atoms with van der Waals surface area (Å²) in [5, 5.41) is 10.5. The van der Waals surface area contributed by atoms with Crippen molar-refractivity contribution < 1.29 is 23.6 Å². The number of non-ortho nitro benzene ring substituents is 1. The smallest absolute Gasteiger partial charge is 0.341 e. The number of nitrogens with zero attached hydrogens (tertiary/aromatic N) is 1. The first-order chi connectivity index (χ1) is 8.56. The quantitative estimate of drug-likeness (QED) is 0.336.